The third-order valence-corrected chi connectivity index (χ3v) is 3.22. The van der Waals surface area contributed by atoms with Gasteiger partial charge in [0, 0.05) is 5.02 Å². The molecule has 0 radical (unpaired) electrons. The van der Waals surface area contributed by atoms with Crippen LogP contribution in [0.15, 0.2) is 42.5 Å². The summed E-state index contributed by atoms with van der Waals surface area (Å²) in [6, 6.07) is 12.3. The van der Waals surface area contributed by atoms with Crippen molar-refractivity contribution < 1.29 is 9.84 Å². The van der Waals surface area contributed by atoms with Gasteiger partial charge in [-0.2, -0.15) is 0 Å². The molecule has 2 aromatic rings. The monoisotopic (exact) mass is 282 g/mol. The maximum atomic E-state index is 10.2. The lowest BCUT2D eigenvalue weighted by atomic mass is 10.0. The molecule has 94 valence electrons. The smallest absolute Gasteiger partial charge is 0.137 e. The number of aliphatic hydroxyl groups is 1. The Bertz CT molecular complexity index is 538. The Labute approximate surface area is 116 Å². The molecule has 2 aromatic carbocycles. The summed E-state index contributed by atoms with van der Waals surface area (Å²) in [7, 11) is 1.55. The van der Waals surface area contributed by atoms with Crippen LogP contribution < -0.4 is 4.74 Å². The first-order chi connectivity index (χ1) is 8.61. The molecule has 4 heteroatoms. The highest BCUT2D eigenvalue weighted by Crippen LogP contribution is 2.30. The molecule has 2 rings (SSSR count). The van der Waals surface area contributed by atoms with E-state index in [0.717, 1.165) is 5.56 Å². The van der Waals surface area contributed by atoms with Crippen LogP contribution in [0.2, 0.25) is 10.0 Å². The van der Waals surface area contributed by atoms with Gasteiger partial charge in [-0.05, 0) is 35.4 Å². The lowest BCUT2D eigenvalue weighted by Crippen LogP contribution is -1.99. The summed E-state index contributed by atoms with van der Waals surface area (Å²) in [6.07, 6.45) is -0.731. The summed E-state index contributed by atoms with van der Waals surface area (Å²) in [4.78, 5) is 0. The predicted molar refractivity (Wildman–Crippen MR) is 73.5 cm³/mol. The molecule has 1 N–H and O–H groups in total. The number of methoxy groups -OCH3 is 1. The van der Waals surface area contributed by atoms with Gasteiger partial charge in [-0.15, -0.1) is 0 Å². The van der Waals surface area contributed by atoms with E-state index >= 15 is 0 Å². The van der Waals surface area contributed by atoms with Crippen LogP contribution in [-0.4, -0.2) is 12.2 Å². The highest BCUT2D eigenvalue weighted by Gasteiger charge is 2.12. The summed E-state index contributed by atoms with van der Waals surface area (Å²) in [5.74, 6) is 0.587. The Hall–Kier alpha value is -1.22. The van der Waals surface area contributed by atoms with Gasteiger partial charge < -0.3 is 9.84 Å². The van der Waals surface area contributed by atoms with Gasteiger partial charge in [-0.25, -0.2) is 0 Å². The molecular formula is C14H12Cl2O2. The van der Waals surface area contributed by atoms with E-state index in [0.29, 0.717) is 21.4 Å². The number of halogens is 2. The van der Waals surface area contributed by atoms with E-state index in [9.17, 15) is 5.11 Å². The Kier molecular flexibility index (Phi) is 4.12. The first kappa shape index (κ1) is 13.2. The number of benzene rings is 2. The van der Waals surface area contributed by atoms with Crippen LogP contribution in [0.1, 0.15) is 17.2 Å². The van der Waals surface area contributed by atoms with Crippen LogP contribution in [0, 0.1) is 0 Å². The normalized spacial score (nSPS) is 12.2. The molecule has 0 aliphatic heterocycles. The molecule has 0 aliphatic rings. The molecule has 18 heavy (non-hydrogen) atoms. The molecule has 0 saturated heterocycles. The van der Waals surface area contributed by atoms with Crippen LogP contribution >= 0.6 is 23.2 Å². The fraction of sp³-hybridized carbons (Fsp3) is 0.143. The Morgan fingerprint density at radius 2 is 1.61 bits per heavy atom. The van der Waals surface area contributed by atoms with Gasteiger partial charge in [0.1, 0.15) is 11.9 Å². The van der Waals surface area contributed by atoms with Crippen LogP contribution in [0.4, 0.5) is 0 Å². The molecule has 0 bridgehead atoms. The van der Waals surface area contributed by atoms with E-state index in [4.69, 9.17) is 27.9 Å². The predicted octanol–water partition coefficient (Wildman–Crippen LogP) is 4.08. The number of hydrogen-bond acceptors (Lipinski definition) is 2. The zero-order chi connectivity index (χ0) is 13.1. The summed E-state index contributed by atoms with van der Waals surface area (Å²) in [6.45, 7) is 0. The SMILES string of the molecule is COc1ccc(C(O)c2ccc(Cl)cc2)cc1Cl. The van der Waals surface area contributed by atoms with E-state index in [1.165, 1.54) is 0 Å². The lowest BCUT2D eigenvalue weighted by molar-refractivity contribution is 0.220. The zero-order valence-electron chi connectivity index (χ0n) is 9.73. The third kappa shape index (κ3) is 2.78. The average Bonchev–Trinajstić information content (AvgIpc) is 2.38. The number of aliphatic hydroxyl groups excluding tert-OH is 1. The van der Waals surface area contributed by atoms with Crippen molar-refractivity contribution in [1.82, 2.24) is 0 Å². The van der Waals surface area contributed by atoms with E-state index in [1.807, 2.05) is 0 Å². The van der Waals surface area contributed by atoms with Gasteiger partial charge >= 0.3 is 0 Å². The van der Waals surface area contributed by atoms with Gasteiger partial charge in [0.2, 0.25) is 0 Å². The second kappa shape index (κ2) is 5.61. The van der Waals surface area contributed by atoms with Crippen LogP contribution in [0.25, 0.3) is 0 Å². The molecule has 1 atom stereocenters. The van der Waals surface area contributed by atoms with Crippen molar-refractivity contribution in [3.8, 4) is 5.75 Å². The maximum Gasteiger partial charge on any atom is 0.137 e. The summed E-state index contributed by atoms with van der Waals surface area (Å²) < 4.78 is 5.07. The lowest BCUT2D eigenvalue weighted by Gasteiger charge is -2.13. The van der Waals surface area contributed by atoms with Crippen molar-refractivity contribution in [3.63, 3.8) is 0 Å². The standard InChI is InChI=1S/C14H12Cl2O2/c1-18-13-7-4-10(8-12(13)16)14(17)9-2-5-11(15)6-3-9/h2-8,14,17H,1H3. The van der Waals surface area contributed by atoms with Crippen molar-refractivity contribution in [2.24, 2.45) is 0 Å². The average molecular weight is 283 g/mol. The minimum Gasteiger partial charge on any atom is -0.495 e. The summed E-state index contributed by atoms with van der Waals surface area (Å²) in [5.41, 5.74) is 1.48. The fourth-order valence-corrected chi connectivity index (χ4v) is 2.08. The molecule has 0 heterocycles. The number of rotatable bonds is 3. The maximum absolute atomic E-state index is 10.2. The Balaban J connectivity index is 2.31. The Morgan fingerprint density at radius 1 is 1.00 bits per heavy atom. The molecule has 0 amide bonds. The van der Waals surface area contributed by atoms with Crippen molar-refractivity contribution in [3.05, 3.63) is 63.6 Å². The van der Waals surface area contributed by atoms with Gasteiger partial charge in [-0.1, -0.05) is 41.4 Å². The molecule has 0 aromatic heterocycles. The third-order valence-electron chi connectivity index (χ3n) is 2.68. The Morgan fingerprint density at radius 3 is 2.17 bits per heavy atom. The molecule has 0 aliphatic carbocycles. The van der Waals surface area contributed by atoms with E-state index in [2.05, 4.69) is 0 Å². The van der Waals surface area contributed by atoms with Crippen LogP contribution in [0.3, 0.4) is 0 Å². The van der Waals surface area contributed by atoms with Gasteiger partial charge in [0.15, 0.2) is 0 Å². The van der Waals surface area contributed by atoms with Crippen LogP contribution in [0.5, 0.6) is 5.75 Å². The largest absolute Gasteiger partial charge is 0.495 e. The molecule has 0 spiro atoms. The van der Waals surface area contributed by atoms with Crippen molar-refractivity contribution in [2.75, 3.05) is 7.11 Å². The molecule has 0 fully saturated rings. The van der Waals surface area contributed by atoms with Gasteiger partial charge in [0.05, 0.1) is 12.1 Å². The molecule has 2 nitrogen and oxygen atoms in total. The zero-order valence-corrected chi connectivity index (χ0v) is 11.2. The highest BCUT2D eigenvalue weighted by molar-refractivity contribution is 6.32. The summed E-state index contributed by atoms with van der Waals surface area (Å²) >= 11 is 11.8. The van der Waals surface area contributed by atoms with E-state index in [1.54, 1.807) is 49.6 Å². The van der Waals surface area contributed by atoms with Crippen molar-refractivity contribution >= 4 is 23.2 Å². The minimum absolute atomic E-state index is 0.475. The highest BCUT2D eigenvalue weighted by atomic mass is 35.5. The molecule has 0 saturated carbocycles. The first-order valence-electron chi connectivity index (χ1n) is 5.39. The number of ether oxygens (including phenoxy) is 1. The second-order valence-electron chi connectivity index (χ2n) is 3.85. The number of hydrogen-bond donors (Lipinski definition) is 1. The quantitative estimate of drug-likeness (QED) is 0.919. The first-order valence-corrected chi connectivity index (χ1v) is 6.14. The molecule has 1 unspecified atom stereocenters. The summed E-state index contributed by atoms with van der Waals surface area (Å²) in [5, 5.41) is 11.3. The van der Waals surface area contributed by atoms with Crippen LogP contribution in [-0.2, 0) is 0 Å². The topological polar surface area (TPSA) is 29.5 Å². The fourth-order valence-electron chi connectivity index (χ4n) is 1.69. The van der Waals surface area contributed by atoms with Gasteiger partial charge in [0.25, 0.3) is 0 Å². The van der Waals surface area contributed by atoms with E-state index in [-0.39, 0.29) is 0 Å². The van der Waals surface area contributed by atoms with Gasteiger partial charge in [-0.3, -0.25) is 0 Å². The molecular weight excluding hydrogens is 271 g/mol. The van der Waals surface area contributed by atoms with Crippen molar-refractivity contribution in [2.45, 2.75) is 6.10 Å². The second-order valence-corrected chi connectivity index (χ2v) is 4.69. The van der Waals surface area contributed by atoms with Crippen molar-refractivity contribution in [1.29, 1.82) is 0 Å². The van der Waals surface area contributed by atoms with E-state index < -0.39 is 6.10 Å². The minimum atomic E-state index is -0.731.